The van der Waals surface area contributed by atoms with E-state index in [0.717, 1.165) is 29.8 Å². The summed E-state index contributed by atoms with van der Waals surface area (Å²) < 4.78 is 41.6. The molecule has 0 saturated heterocycles. The third kappa shape index (κ3) is 3.45. The summed E-state index contributed by atoms with van der Waals surface area (Å²) >= 11 is 0. The quantitative estimate of drug-likeness (QED) is 0.649. The van der Waals surface area contributed by atoms with Crippen LogP contribution in [0.2, 0.25) is 0 Å². The number of aromatic amines is 1. The van der Waals surface area contributed by atoms with Gasteiger partial charge in [0.2, 0.25) is 0 Å². The number of alkyl halides is 1. The molecule has 1 fully saturated rings. The van der Waals surface area contributed by atoms with Gasteiger partial charge >= 0.3 is 0 Å². The van der Waals surface area contributed by atoms with Crippen LogP contribution in [-0.4, -0.2) is 51.6 Å². The van der Waals surface area contributed by atoms with Crippen LogP contribution in [-0.2, 0) is 10.0 Å². The van der Waals surface area contributed by atoms with Crippen molar-refractivity contribution in [3.63, 3.8) is 0 Å². The third-order valence-electron chi connectivity index (χ3n) is 5.18. The number of nitrogens with zero attached hydrogens (tertiary/aromatic N) is 5. The normalized spacial score (nSPS) is 23.9. The predicted octanol–water partition coefficient (Wildman–Crippen LogP) is 2.50. The first-order valence-corrected chi connectivity index (χ1v) is 10.6. The zero-order chi connectivity index (χ0) is 19.0. The molecule has 0 radical (unpaired) electrons. The Morgan fingerprint density at radius 3 is 3.07 bits per heavy atom. The lowest BCUT2D eigenvalue weighted by atomic mass is 9.97. The van der Waals surface area contributed by atoms with Crippen molar-refractivity contribution in [2.75, 3.05) is 12.4 Å². The lowest BCUT2D eigenvalue weighted by Crippen LogP contribution is -2.08. The van der Waals surface area contributed by atoms with Crippen molar-refractivity contribution in [2.24, 2.45) is 16.2 Å². The smallest absolute Gasteiger partial charge is 0.252 e. The van der Waals surface area contributed by atoms with Gasteiger partial charge in [-0.2, -0.15) is 4.40 Å². The van der Waals surface area contributed by atoms with E-state index < -0.39 is 16.7 Å². The van der Waals surface area contributed by atoms with E-state index in [9.17, 15) is 12.8 Å². The van der Waals surface area contributed by atoms with Crippen molar-refractivity contribution in [1.29, 1.82) is 0 Å². The van der Waals surface area contributed by atoms with Crippen LogP contribution in [0.4, 0.5) is 4.39 Å². The average Bonchev–Trinajstić information content (AvgIpc) is 3.35. The molecule has 144 valence electrons. The number of hydrogen-bond acceptors (Lipinski definition) is 5. The lowest BCUT2D eigenvalue weighted by Gasteiger charge is -2.13. The summed E-state index contributed by atoms with van der Waals surface area (Å²) in [5.41, 5.74) is 2.38. The fourth-order valence-corrected chi connectivity index (χ4v) is 4.82. The standard InChI is InChI=1S/C17H21FN6O2S/c1-11-7-12(9-21-27(25,26)6-2-4-18)8-13(11)17-23-22-15-10-20-16-14(24(15)17)3-5-19-16/h3,5,9-13,19H,2,4,6-8H2,1H3/b21-9+/t11-,12?,13+/m1/s1. The molecule has 3 heterocycles. The minimum Gasteiger partial charge on any atom is -0.345 e. The Morgan fingerprint density at radius 2 is 2.26 bits per heavy atom. The van der Waals surface area contributed by atoms with Gasteiger partial charge in [0.05, 0.1) is 24.1 Å². The molecule has 1 aliphatic carbocycles. The van der Waals surface area contributed by atoms with Gasteiger partial charge in [-0.3, -0.25) is 8.79 Å². The van der Waals surface area contributed by atoms with E-state index in [1.165, 1.54) is 6.21 Å². The van der Waals surface area contributed by atoms with Gasteiger partial charge in [0.25, 0.3) is 10.0 Å². The second-order valence-corrected chi connectivity index (χ2v) is 8.90. The van der Waals surface area contributed by atoms with Gasteiger partial charge in [-0.05, 0) is 37.2 Å². The van der Waals surface area contributed by atoms with E-state index in [2.05, 4.69) is 31.5 Å². The van der Waals surface area contributed by atoms with E-state index in [-0.39, 0.29) is 24.0 Å². The molecule has 3 aromatic heterocycles. The first kappa shape index (κ1) is 18.0. The molecule has 1 aliphatic rings. The topological polar surface area (TPSA) is 105 Å². The molecule has 1 N–H and O–H groups in total. The first-order valence-electron chi connectivity index (χ1n) is 8.99. The van der Waals surface area contributed by atoms with Crippen molar-refractivity contribution in [2.45, 2.75) is 32.1 Å². The summed E-state index contributed by atoms with van der Waals surface area (Å²) in [6.45, 7) is 1.48. The molecule has 10 heteroatoms. The number of rotatable bonds is 6. The molecule has 3 aromatic rings. The third-order valence-corrected chi connectivity index (χ3v) is 6.43. The van der Waals surface area contributed by atoms with Crippen LogP contribution in [0.3, 0.4) is 0 Å². The maximum atomic E-state index is 12.2. The van der Waals surface area contributed by atoms with Crippen molar-refractivity contribution >= 4 is 33.0 Å². The second-order valence-electron chi connectivity index (χ2n) is 7.12. The summed E-state index contributed by atoms with van der Waals surface area (Å²) in [5, 5.41) is 8.64. The monoisotopic (exact) mass is 392 g/mol. The number of hydrogen-bond donors (Lipinski definition) is 1. The summed E-state index contributed by atoms with van der Waals surface area (Å²) in [6.07, 6.45) is 6.58. The minimum atomic E-state index is -3.59. The van der Waals surface area contributed by atoms with Gasteiger partial charge in [0.1, 0.15) is 5.82 Å². The number of nitrogens with one attached hydrogen (secondary N) is 1. The molecule has 1 saturated carbocycles. The van der Waals surface area contributed by atoms with E-state index in [1.54, 1.807) is 6.20 Å². The maximum absolute atomic E-state index is 12.2. The number of H-pyrrole nitrogens is 1. The number of aromatic nitrogens is 5. The molecule has 8 nitrogen and oxygen atoms in total. The highest BCUT2D eigenvalue weighted by molar-refractivity contribution is 7.90. The second kappa shape index (κ2) is 6.99. The fraction of sp³-hybridized carbons (Fsp3) is 0.529. The highest BCUT2D eigenvalue weighted by Crippen LogP contribution is 2.42. The predicted molar refractivity (Wildman–Crippen MR) is 100 cm³/mol. The molecule has 3 atom stereocenters. The Morgan fingerprint density at radius 1 is 1.41 bits per heavy atom. The van der Waals surface area contributed by atoms with Gasteiger partial charge < -0.3 is 4.98 Å². The van der Waals surface area contributed by atoms with Crippen LogP contribution in [0.1, 0.15) is 37.9 Å². The van der Waals surface area contributed by atoms with Gasteiger partial charge in [0, 0.05) is 18.3 Å². The molecule has 1 unspecified atom stereocenters. The lowest BCUT2D eigenvalue weighted by molar-refractivity contribution is 0.484. The SMILES string of the molecule is C[C@@H]1CC(/C=N/S(=O)(=O)CCCF)C[C@@H]1c1nnc2cnc3[nH]ccc3n12. The Labute approximate surface area is 156 Å². The summed E-state index contributed by atoms with van der Waals surface area (Å²) in [6, 6.07) is 1.94. The van der Waals surface area contributed by atoms with Crippen LogP contribution in [0.25, 0.3) is 16.8 Å². The van der Waals surface area contributed by atoms with E-state index in [0.29, 0.717) is 11.6 Å². The molecule has 27 heavy (non-hydrogen) atoms. The molecular weight excluding hydrogens is 371 g/mol. The fourth-order valence-electron chi connectivity index (χ4n) is 3.88. The molecule has 0 aromatic carbocycles. The molecule has 0 bridgehead atoms. The van der Waals surface area contributed by atoms with Crippen molar-refractivity contribution in [3.8, 4) is 0 Å². The first-order chi connectivity index (χ1) is 13.0. The van der Waals surface area contributed by atoms with Gasteiger partial charge in [-0.25, -0.2) is 13.4 Å². The molecule has 0 aliphatic heterocycles. The number of sulfonamides is 1. The Kier molecular flexibility index (Phi) is 4.67. The van der Waals surface area contributed by atoms with E-state index in [4.69, 9.17) is 0 Å². The van der Waals surface area contributed by atoms with Crippen molar-refractivity contribution < 1.29 is 12.8 Å². The number of fused-ring (bicyclic) bond motifs is 3. The molecule has 0 spiro atoms. The maximum Gasteiger partial charge on any atom is 0.252 e. The van der Waals surface area contributed by atoms with Crippen LogP contribution in [0.5, 0.6) is 0 Å². The zero-order valence-corrected chi connectivity index (χ0v) is 15.7. The van der Waals surface area contributed by atoms with Crippen LogP contribution < -0.4 is 0 Å². The highest BCUT2D eigenvalue weighted by Gasteiger charge is 2.35. The Bertz CT molecular complexity index is 1090. The van der Waals surface area contributed by atoms with E-state index >= 15 is 0 Å². The van der Waals surface area contributed by atoms with Gasteiger partial charge in [-0.1, -0.05) is 6.92 Å². The number of halogens is 1. The van der Waals surface area contributed by atoms with Crippen LogP contribution in [0, 0.1) is 11.8 Å². The molecule has 0 amide bonds. The van der Waals surface area contributed by atoms with E-state index in [1.807, 2.05) is 16.7 Å². The van der Waals surface area contributed by atoms with Gasteiger partial charge in [-0.15, -0.1) is 10.2 Å². The Hall–Kier alpha value is -2.36. The van der Waals surface area contributed by atoms with Crippen LogP contribution >= 0.6 is 0 Å². The van der Waals surface area contributed by atoms with Crippen LogP contribution in [0.15, 0.2) is 22.9 Å². The van der Waals surface area contributed by atoms with Crippen molar-refractivity contribution in [1.82, 2.24) is 24.6 Å². The summed E-state index contributed by atoms with van der Waals surface area (Å²) in [4.78, 5) is 7.42. The zero-order valence-electron chi connectivity index (χ0n) is 14.9. The summed E-state index contributed by atoms with van der Waals surface area (Å²) in [5.74, 6) is 1.11. The largest absolute Gasteiger partial charge is 0.345 e. The van der Waals surface area contributed by atoms with Gasteiger partial charge in [0.15, 0.2) is 11.3 Å². The Balaban J connectivity index is 1.59. The molecular formula is C17H21FN6O2S. The highest BCUT2D eigenvalue weighted by atomic mass is 32.2. The minimum absolute atomic E-state index is 0.0181. The van der Waals surface area contributed by atoms with Crippen molar-refractivity contribution in [3.05, 3.63) is 24.3 Å². The summed E-state index contributed by atoms with van der Waals surface area (Å²) in [7, 11) is -3.59. The average molecular weight is 392 g/mol. The molecule has 4 rings (SSSR count).